The van der Waals surface area contributed by atoms with E-state index in [1.54, 1.807) is 13.8 Å². The van der Waals surface area contributed by atoms with E-state index in [2.05, 4.69) is 5.32 Å². The van der Waals surface area contributed by atoms with Crippen molar-refractivity contribution in [3.05, 3.63) is 0 Å². The number of carboxylic acid groups (broad SMARTS) is 1. The van der Waals surface area contributed by atoms with Crippen LogP contribution < -0.4 is 5.32 Å². The van der Waals surface area contributed by atoms with Gasteiger partial charge in [0.2, 0.25) is 5.91 Å². The molecule has 2 saturated heterocycles. The highest BCUT2D eigenvalue weighted by atomic mass is 16.7. The Bertz CT molecular complexity index is 468. The number of carboxylic acids is 1. The lowest BCUT2D eigenvalue weighted by molar-refractivity contribution is -0.369. The number of amides is 1. The van der Waals surface area contributed by atoms with Crippen LogP contribution in [0.2, 0.25) is 0 Å². The van der Waals surface area contributed by atoms with Crippen molar-refractivity contribution in [2.24, 2.45) is 0 Å². The first-order valence-electron chi connectivity index (χ1n) is 7.41. The number of ether oxygens (including phenoxy) is 4. The molecule has 1 amide bonds. The van der Waals surface area contributed by atoms with Gasteiger partial charge in [-0.15, -0.1) is 0 Å². The molecule has 0 aromatic carbocycles. The average Bonchev–Trinajstić information content (AvgIpc) is 2.42. The van der Waals surface area contributed by atoms with E-state index < -0.39 is 54.4 Å². The van der Waals surface area contributed by atoms with Gasteiger partial charge >= 0.3 is 5.97 Å². The first-order chi connectivity index (χ1) is 10.6. The molecule has 0 aromatic heterocycles. The summed E-state index contributed by atoms with van der Waals surface area (Å²) >= 11 is 0. The molecule has 2 aliphatic heterocycles. The third-order valence-corrected chi connectivity index (χ3v) is 3.76. The molecule has 0 spiro atoms. The standard InChI is InChI=1S/C14H23NO8/c1-6(12(17)18)21-11-9(15-7(2)16)13(19)22-8-5-20-14(3,4)23-10(8)11/h6,8-11,13,19H,5H2,1-4H3,(H,15,16)(H,17,18)/t6?,8-,9-,10-,11-,13+/m1/s1. The van der Waals surface area contributed by atoms with Gasteiger partial charge in [-0.05, 0) is 20.8 Å². The van der Waals surface area contributed by atoms with Crippen LogP contribution in [0, 0.1) is 0 Å². The first kappa shape index (κ1) is 18.1. The van der Waals surface area contributed by atoms with Gasteiger partial charge in [-0.1, -0.05) is 0 Å². The summed E-state index contributed by atoms with van der Waals surface area (Å²) in [6, 6.07) is -0.954. The van der Waals surface area contributed by atoms with E-state index in [4.69, 9.17) is 24.1 Å². The Morgan fingerprint density at radius 1 is 1.39 bits per heavy atom. The van der Waals surface area contributed by atoms with Crippen LogP contribution in [0.3, 0.4) is 0 Å². The van der Waals surface area contributed by atoms with Crippen molar-refractivity contribution in [1.82, 2.24) is 5.32 Å². The zero-order valence-electron chi connectivity index (χ0n) is 13.5. The molecule has 0 aromatic rings. The molecule has 2 aliphatic rings. The SMILES string of the molecule is CC(=O)N[C@@H]1[C@@H](OC(C)C(=O)O)[C@@H]2OC(C)(C)OC[C@H]2O[C@@H]1O. The van der Waals surface area contributed by atoms with E-state index in [9.17, 15) is 14.7 Å². The second-order valence-electron chi connectivity index (χ2n) is 6.17. The molecular formula is C14H23NO8. The first-order valence-corrected chi connectivity index (χ1v) is 7.41. The molecular weight excluding hydrogens is 310 g/mol. The molecule has 0 aliphatic carbocycles. The van der Waals surface area contributed by atoms with Gasteiger partial charge in [0, 0.05) is 6.92 Å². The smallest absolute Gasteiger partial charge is 0.332 e. The van der Waals surface area contributed by atoms with Gasteiger partial charge in [0.15, 0.2) is 18.2 Å². The monoisotopic (exact) mass is 333 g/mol. The maximum Gasteiger partial charge on any atom is 0.332 e. The van der Waals surface area contributed by atoms with Crippen LogP contribution in [0.4, 0.5) is 0 Å². The van der Waals surface area contributed by atoms with Crippen molar-refractivity contribution >= 4 is 11.9 Å². The van der Waals surface area contributed by atoms with Crippen LogP contribution in [0.15, 0.2) is 0 Å². The van der Waals surface area contributed by atoms with E-state index in [0.717, 1.165) is 0 Å². The summed E-state index contributed by atoms with van der Waals surface area (Å²) in [5.74, 6) is -2.48. The molecule has 23 heavy (non-hydrogen) atoms. The van der Waals surface area contributed by atoms with Crippen LogP contribution in [0.5, 0.6) is 0 Å². The highest BCUT2D eigenvalue weighted by Gasteiger charge is 2.52. The number of aliphatic hydroxyl groups excluding tert-OH is 1. The average molecular weight is 333 g/mol. The third kappa shape index (κ3) is 4.18. The number of fused-ring (bicyclic) bond motifs is 1. The van der Waals surface area contributed by atoms with E-state index in [0.29, 0.717) is 0 Å². The normalized spacial score (nSPS) is 37.5. The number of hydrogen-bond donors (Lipinski definition) is 3. The summed E-state index contributed by atoms with van der Waals surface area (Å²) in [4.78, 5) is 22.5. The Morgan fingerprint density at radius 3 is 2.61 bits per heavy atom. The lowest BCUT2D eigenvalue weighted by Gasteiger charge is -2.50. The minimum absolute atomic E-state index is 0.156. The van der Waals surface area contributed by atoms with Crippen molar-refractivity contribution in [3.8, 4) is 0 Å². The number of hydrogen-bond acceptors (Lipinski definition) is 7. The molecule has 2 fully saturated rings. The van der Waals surface area contributed by atoms with Crippen LogP contribution in [-0.2, 0) is 28.5 Å². The predicted molar refractivity (Wildman–Crippen MR) is 75.4 cm³/mol. The number of nitrogens with one attached hydrogen (secondary N) is 1. The van der Waals surface area contributed by atoms with Gasteiger partial charge in [-0.3, -0.25) is 4.79 Å². The summed E-state index contributed by atoms with van der Waals surface area (Å²) in [7, 11) is 0. The van der Waals surface area contributed by atoms with Crippen molar-refractivity contribution in [3.63, 3.8) is 0 Å². The maximum absolute atomic E-state index is 11.4. The predicted octanol–water partition coefficient (Wildman–Crippen LogP) is -0.782. The van der Waals surface area contributed by atoms with E-state index in [1.807, 2.05) is 0 Å². The fourth-order valence-electron chi connectivity index (χ4n) is 2.69. The van der Waals surface area contributed by atoms with Crippen molar-refractivity contribution < 1.29 is 38.7 Å². The molecule has 0 radical (unpaired) electrons. The Labute approximate surface area is 133 Å². The van der Waals surface area contributed by atoms with E-state index in [1.165, 1.54) is 13.8 Å². The van der Waals surface area contributed by atoms with Gasteiger partial charge in [0.05, 0.1) is 6.61 Å². The summed E-state index contributed by atoms with van der Waals surface area (Å²) < 4.78 is 22.3. The van der Waals surface area contributed by atoms with Crippen LogP contribution in [0.25, 0.3) is 0 Å². The molecule has 132 valence electrons. The fraction of sp³-hybridized carbons (Fsp3) is 0.857. The number of carbonyl (C=O) groups excluding carboxylic acids is 1. The lowest BCUT2D eigenvalue weighted by Crippen LogP contribution is -2.69. The maximum atomic E-state index is 11.4. The topological polar surface area (TPSA) is 124 Å². The number of rotatable bonds is 4. The Morgan fingerprint density at radius 2 is 2.04 bits per heavy atom. The van der Waals surface area contributed by atoms with Crippen LogP contribution >= 0.6 is 0 Å². The molecule has 0 saturated carbocycles. The van der Waals surface area contributed by atoms with Crippen molar-refractivity contribution in [2.45, 2.75) is 70.2 Å². The zero-order valence-corrected chi connectivity index (χ0v) is 13.5. The van der Waals surface area contributed by atoms with Crippen molar-refractivity contribution in [2.75, 3.05) is 6.61 Å². The molecule has 0 bridgehead atoms. The molecule has 6 atom stereocenters. The van der Waals surface area contributed by atoms with E-state index in [-0.39, 0.29) is 6.61 Å². The van der Waals surface area contributed by atoms with Gasteiger partial charge in [0.25, 0.3) is 0 Å². The van der Waals surface area contributed by atoms with Crippen LogP contribution in [0.1, 0.15) is 27.7 Å². The summed E-state index contributed by atoms with van der Waals surface area (Å²) in [6.45, 7) is 6.22. The molecule has 1 unspecified atom stereocenters. The molecule has 9 nitrogen and oxygen atoms in total. The van der Waals surface area contributed by atoms with E-state index >= 15 is 0 Å². The zero-order chi connectivity index (χ0) is 17.4. The second-order valence-corrected chi connectivity index (χ2v) is 6.17. The quantitative estimate of drug-likeness (QED) is 0.612. The molecule has 9 heteroatoms. The summed E-state index contributed by atoms with van der Waals surface area (Å²) in [5, 5.41) is 21.7. The number of aliphatic hydroxyl groups is 1. The van der Waals surface area contributed by atoms with Crippen LogP contribution in [-0.4, -0.2) is 71.2 Å². The molecule has 3 N–H and O–H groups in total. The minimum atomic E-state index is -1.36. The summed E-state index contributed by atoms with van der Waals surface area (Å²) in [6.07, 6.45) is -4.73. The van der Waals surface area contributed by atoms with Crippen molar-refractivity contribution in [1.29, 1.82) is 0 Å². The van der Waals surface area contributed by atoms with Gasteiger partial charge in [0.1, 0.15) is 24.4 Å². The largest absolute Gasteiger partial charge is 0.479 e. The fourth-order valence-corrected chi connectivity index (χ4v) is 2.69. The van der Waals surface area contributed by atoms with Gasteiger partial charge < -0.3 is 34.5 Å². The number of aliphatic carboxylic acids is 1. The second kappa shape index (κ2) is 6.70. The lowest BCUT2D eigenvalue weighted by atomic mass is 9.95. The minimum Gasteiger partial charge on any atom is -0.479 e. The highest BCUT2D eigenvalue weighted by Crippen LogP contribution is 2.33. The Balaban J connectivity index is 2.26. The summed E-state index contributed by atoms with van der Waals surface area (Å²) in [5.41, 5.74) is 0. The molecule has 2 heterocycles. The molecule has 2 rings (SSSR count). The Kier molecular flexibility index (Phi) is 5.27. The number of carbonyl (C=O) groups is 2. The van der Waals surface area contributed by atoms with Gasteiger partial charge in [-0.2, -0.15) is 0 Å². The third-order valence-electron chi connectivity index (χ3n) is 3.76. The van der Waals surface area contributed by atoms with Gasteiger partial charge in [-0.25, -0.2) is 4.79 Å². The highest BCUT2D eigenvalue weighted by molar-refractivity contribution is 5.73. The Hall–Kier alpha value is -1.26.